The lowest BCUT2D eigenvalue weighted by molar-refractivity contribution is 0.00645. The van der Waals surface area contributed by atoms with Crippen LogP contribution in [0.2, 0.25) is 0 Å². The highest BCUT2D eigenvalue weighted by Crippen LogP contribution is 2.55. The molecular weight excluding hydrogens is 275 g/mol. The molecule has 19 heavy (non-hydrogen) atoms. The summed E-state index contributed by atoms with van der Waals surface area (Å²) in [5, 5.41) is 0. The molecule has 0 spiro atoms. The molecule has 0 bridgehead atoms. The Balaban J connectivity index is 5.95. The van der Waals surface area contributed by atoms with Gasteiger partial charge in [0, 0.05) is 36.5 Å². The fourth-order valence-corrected chi connectivity index (χ4v) is 8.16. The summed E-state index contributed by atoms with van der Waals surface area (Å²) in [5.74, 6) is 2.84. The Morgan fingerprint density at radius 3 is 1.26 bits per heavy atom. The minimum Gasteiger partial charge on any atom is -0.407 e. The van der Waals surface area contributed by atoms with E-state index in [2.05, 4.69) is 75.5 Å². The summed E-state index contributed by atoms with van der Waals surface area (Å²) in [6.07, 6.45) is -2.33. The highest BCUT2D eigenvalue weighted by molar-refractivity contribution is 8.19. The SMILES string of the molecule is CC(C)N(C(C)C)P(=S)([C-]=[N+]=[N-])N(C(C)C)C(C)C. The largest absolute Gasteiger partial charge is 0.407 e. The van der Waals surface area contributed by atoms with Crippen molar-refractivity contribution in [3.8, 4) is 0 Å². The van der Waals surface area contributed by atoms with Gasteiger partial charge in [0.15, 0.2) is 0 Å². The summed E-state index contributed by atoms with van der Waals surface area (Å²) in [6.45, 7) is 17.0. The summed E-state index contributed by atoms with van der Waals surface area (Å²) in [4.78, 5) is 3.19. The van der Waals surface area contributed by atoms with Crippen LogP contribution < -0.4 is 0 Å². The number of rotatable bonds is 7. The fourth-order valence-electron chi connectivity index (χ4n) is 2.73. The van der Waals surface area contributed by atoms with Crippen molar-refractivity contribution in [2.24, 2.45) is 0 Å². The second kappa shape index (κ2) is 7.66. The van der Waals surface area contributed by atoms with Crippen molar-refractivity contribution < 1.29 is 4.79 Å². The normalized spacial score (nSPS) is 13.2. The van der Waals surface area contributed by atoms with Gasteiger partial charge in [0.05, 0.1) is 0 Å². The van der Waals surface area contributed by atoms with Crippen molar-refractivity contribution in [2.75, 3.05) is 0 Å². The molecule has 0 aromatic carbocycles. The highest BCUT2D eigenvalue weighted by atomic mass is 32.4. The first kappa shape index (κ1) is 18.9. The molecule has 0 N–H and O–H groups in total. The lowest BCUT2D eigenvalue weighted by Gasteiger charge is -2.51. The molecule has 0 aromatic heterocycles. The first-order valence-corrected chi connectivity index (χ1v) is 9.59. The average Bonchev–Trinajstić information content (AvgIpc) is 2.13. The highest BCUT2D eigenvalue weighted by Gasteiger charge is 2.33. The zero-order valence-electron chi connectivity index (χ0n) is 13.5. The van der Waals surface area contributed by atoms with Crippen LogP contribution in [-0.4, -0.2) is 44.3 Å². The quantitative estimate of drug-likeness (QED) is 0.237. The monoisotopic (exact) mass is 303 g/mol. The zero-order chi connectivity index (χ0) is 15.4. The Morgan fingerprint density at radius 1 is 0.842 bits per heavy atom. The van der Waals surface area contributed by atoms with Gasteiger partial charge in [-0.25, -0.2) is 0 Å². The van der Waals surface area contributed by atoms with Crippen LogP contribution in [-0.2, 0) is 11.8 Å². The third-order valence-electron chi connectivity index (χ3n) is 2.92. The molecule has 0 amide bonds. The topological polar surface area (TPSA) is 42.9 Å². The van der Waals surface area contributed by atoms with Gasteiger partial charge in [0.2, 0.25) is 0 Å². The van der Waals surface area contributed by atoms with Crippen LogP contribution in [0.1, 0.15) is 55.4 Å². The number of nitrogens with zero attached hydrogens (tertiary/aromatic N) is 4. The van der Waals surface area contributed by atoms with Gasteiger partial charge in [-0.3, -0.25) is 9.34 Å². The summed E-state index contributed by atoms with van der Waals surface area (Å²) in [5.41, 5.74) is 9.05. The van der Waals surface area contributed by atoms with Crippen molar-refractivity contribution in [2.45, 2.75) is 79.6 Å². The van der Waals surface area contributed by atoms with Crippen molar-refractivity contribution in [1.82, 2.24) is 9.34 Å². The minimum atomic E-state index is -2.33. The van der Waals surface area contributed by atoms with E-state index in [-0.39, 0.29) is 24.2 Å². The van der Waals surface area contributed by atoms with E-state index in [0.29, 0.717) is 0 Å². The summed E-state index contributed by atoms with van der Waals surface area (Å²) in [6, 6.07) is 1.11. The Bertz CT molecular complexity index is 333. The molecular formula is C13H28N4PS-. The molecule has 0 aliphatic heterocycles. The number of hydrogen-bond acceptors (Lipinski definition) is 1. The van der Waals surface area contributed by atoms with Gasteiger partial charge in [0.25, 0.3) is 0 Å². The van der Waals surface area contributed by atoms with Gasteiger partial charge in [-0.1, -0.05) is 11.8 Å². The van der Waals surface area contributed by atoms with Crippen molar-refractivity contribution >= 4 is 24.1 Å². The molecule has 0 saturated carbocycles. The van der Waals surface area contributed by atoms with E-state index in [1.54, 1.807) is 0 Å². The first-order chi connectivity index (χ1) is 8.59. The summed E-state index contributed by atoms with van der Waals surface area (Å²) in [7, 11) is 0. The van der Waals surface area contributed by atoms with Gasteiger partial charge in [-0.2, -0.15) is 0 Å². The molecule has 6 heteroatoms. The fraction of sp³-hybridized carbons (Fsp3) is 0.923. The van der Waals surface area contributed by atoms with Crippen LogP contribution in [0.25, 0.3) is 5.53 Å². The number of hydrogen-bond donors (Lipinski definition) is 0. The maximum Gasteiger partial charge on any atom is 0.00921 e. The van der Waals surface area contributed by atoms with Crippen LogP contribution in [0.3, 0.4) is 0 Å². The van der Waals surface area contributed by atoms with Crippen molar-refractivity contribution in [3.63, 3.8) is 0 Å². The molecule has 0 aromatic rings. The summed E-state index contributed by atoms with van der Waals surface area (Å²) < 4.78 is 4.50. The van der Waals surface area contributed by atoms with E-state index < -0.39 is 6.34 Å². The van der Waals surface area contributed by atoms with E-state index in [9.17, 15) is 0 Å². The standard InChI is InChI=1S/C13H28N4PS/c1-10(2)16(11(3)4)18(19,9-15-14)17(12(5)6)13(7)8/h10-13H,1-8H3/q-1. The smallest absolute Gasteiger partial charge is 0.00921 e. The van der Waals surface area contributed by atoms with Crippen molar-refractivity contribution in [1.29, 1.82) is 0 Å². The molecule has 0 fully saturated rings. The molecule has 0 heterocycles. The van der Waals surface area contributed by atoms with Crippen LogP contribution >= 0.6 is 6.34 Å². The van der Waals surface area contributed by atoms with Crippen molar-refractivity contribution in [3.05, 3.63) is 5.53 Å². The molecule has 112 valence electrons. The van der Waals surface area contributed by atoms with Crippen LogP contribution in [0.4, 0.5) is 0 Å². The van der Waals surface area contributed by atoms with E-state index >= 15 is 0 Å². The summed E-state index contributed by atoms with van der Waals surface area (Å²) >= 11 is 5.95. The van der Waals surface area contributed by atoms with Gasteiger partial charge in [0.1, 0.15) is 0 Å². The zero-order valence-corrected chi connectivity index (χ0v) is 15.2. The third-order valence-corrected chi connectivity index (χ3v) is 7.74. The Morgan fingerprint density at radius 2 is 1.11 bits per heavy atom. The van der Waals surface area contributed by atoms with E-state index in [1.807, 2.05) is 0 Å². The maximum atomic E-state index is 9.05. The molecule has 0 radical (unpaired) electrons. The molecule has 0 aliphatic rings. The molecule has 0 saturated heterocycles. The van der Waals surface area contributed by atoms with Crippen LogP contribution in [0.5, 0.6) is 0 Å². The predicted octanol–water partition coefficient (Wildman–Crippen LogP) is 3.67. The molecule has 0 unspecified atom stereocenters. The Kier molecular flexibility index (Phi) is 7.64. The maximum absolute atomic E-state index is 9.05. The van der Waals surface area contributed by atoms with E-state index in [1.165, 1.54) is 0 Å². The lowest BCUT2D eigenvalue weighted by atomic mass is 10.3. The molecule has 0 atom stereocenters. The van der Waals surface area contributed by atoms with Gasteiger partial charge < -0.3 is 10.3 Å². The second-order valence-electron chi connectivity index (χ2n) is 5.88. The Labute approximate surface area is 123 Å². The van der Waals surface area contributed by atoms with Gasteiger partial charge in [-0.15, -0.1) is 0 Å². The van der Waals surface area contributed by atoms with Gasteiger partial charge in [-0.05, 0) is 55.4 Å². The Hall–Kier alpha value is -0.0500. The van der Waals surface area contributed by atoms with E-state index in [0.717, 1.165) is 0 Å². The predicted molar refractivity (Wildman–Crippen MR) is 87.1 cm³/mol. The molecule has 0 rings (SSSR count). The first-order valence-electron chi connectivity index (χ1n) is 6.88. The molecule has 4 nitrogen and oxygen atoms in total. The van der Waals surface area contributed by atoms with Crippen LogP contribution in [0, 0.1) is 0 Å². The van der Waals surface area contributed by atoms with E-state index in [4.69, 9.17) is 17.3 Å². The second-order valence-corrected chi connectivity index (χ2v) is 9.62. The average molecular weight is 303 g/mol. The minimum absolute atomic E-state index is 0.278. The van der Waals surface area contributed by atoms with Crippen LogP contribution in [0.15, 0.2) is 0 Å². The lowest BCUT2D eigenvalue weighted by Crippen LogP contribution is -2.45. The molecule has 0 aliphatic carbocycles. The third kappa shape index (κ3) is 4.47. The van der Waals surface area contributed by atoms with Gasteiger partial charge >= 0.3 is 0 Å².